The van der Waals surface area contributed by atoms with E-state index in [0.29, 0.717) is 24.2 Å². The molecule has 1 aromatic heterocycles. The lowest BCUT2D eigenvalue weighted by atomic mass is 9.86. The Labute approximate surface area is 113 Å². The molecule has 1 aromatic rings. The maximum absolute atomic E-state index is 8.77. The van der Waals surface area contributed by atoms with E-state index in [2.05, 4.69) is 22.4 Å². The first-order valence-corrected chi connectivity index (χ1v) is 6.87. The SMILES string of the molecule is CC1CCCCC1NCc1cccnc1C(N)=NO. The molecular formula is C14H22N4O. The number of hydrogen-bond donors (Lipinski definition) is 3. The molecule has 2 unspecified atom stereocenters. The van der Waals surface area contributed by atoms with Gasteiger partial charge in [0.25, 0.3) is 0 Å². The van der Waals surface area contributed by atoms with Crippen molar-refractivity contribution in [3.8, 4) is 0 Å². The second-order valence-corrected chi connectivity index (χ2v) is 5.25. The maximum Gasteiger partial charge on any atom is 0.189 e. The molecule has 1 aliphatic carbocycles. The molecule has 5 heteroatoms. The molecule has 1 aliphatic rings. The summed E-state index contributed by atoms with van der Waals surface area (Å²) in [5, 5.41) is 15.4. The van der Waals surface area contributed by atoms with Gasteiger partial charge in [-0.1, -0.05) is 31.0 Å². The van der Waals surface area contributed by atoms with Crippen LogP contribution in [-0.2, 0) is 6.54 Å². The molecule has 19 heavy (non-hydrogen) atoms. The van der Waals surface area contributed by atoms with Crippen LogP contribution in [0.1, 0.15) is 43.9 Å². The number of oxime groups is 1. The highest BCUT2D eigenvalue weighted by Gasteiger charge is 2.21. The van der Waals surface area contributed by atoms with Crippen LogP contribution >= 0.6 is 0 Å². The zero-order valence-electron chi connectivity index (χ0n) is 11.3. The van der Waals surface area contributed by atoms with Crippen molar-refractivity contribution in [2.45, 2.75) is 45.2 Å². The minimum atomic E-state index is 0.0640. The average molecular weight is 262 g/mol. The molecule has 0 bridgehead atoms. The Hall–Kier alpha value is -1.62. The van der Waals surface area contributed by atoms with Crippen molar-refractivity contribution in [1.29, 1.82) is 0 Å². The fraction of sp³-hybridized carbons (Fsp3) is 0.571. The van der Waals surface area contributed by atoms with Gasteiger partial charge in [0.2, 0.25) is 0 Å². The number of aromatic nitrogens is 1. The molecule has 2 rings (SSSR count). The number of amidine groups is 1. The van der Waals surface area contributed by atoms with Gasteiger partial charge in [-0.15, -0.1) is 0 Å². The molecule has 0 aromatic carbocycles. The molecular weight excluding hydrogens is 240 g/mol. The van der Waals surface area contributed by atoms with Crippen LogP contribution in [0.25, 0.3) is 0 Å². The quantitative estimate of drug-likeness (QED) is 0.334. The normalized spacial score (nSPS) is 24.4. The summed E-state index contributed by atoms with van der Waals surface area (Å²) in [6.45, 7) is 3.00. The summed E-state index contributed by atoms with van der Waals surface area (Å²) in [4.78, 5) is 4.18. The van der Waals surface area contributed by atoms with Crippen molar-refractivity contribution in [2.75, 3.05) is 0 Å². The van der Waals surface area contributed by atoms with Crippen molar-refractivity contribution in [3.05, 3.63) is 29.6 Å². The molecule has 0 radical (unpaired) electrons. The van der Waals surface area contributed by atoms with E-state index >= 15 is 0 Å². The number of hydrogen-bond acceptors (Lipinski definition) is 4. The Balaban J connectivity index is 2.03. The van der Waals surface area contributed by atoms with E-state index in [0.717, 1.165) is 5.56 Å². The first-order valence-electron chi connectivity index (χ1n) is 6.87. The van der Waals surface area contributed by atoms with Gasteiger partial charge in [-0.3, -0.25) is 4.98 Å². The third-order valence-corrected chi connectivity index (χ3v) is 3.91. The summed E-state index contributed by atoms with van der Waals surface area (Å²) in [5.41, 5.74) is 7.17. The van der Waals surface area contributed by atoms with Crippen LogP contribution in [0.5, 0.6) is 0 Å². The Bertz CT molecular complexity index is 447. The molecule has 2 atom stereocenters. The van der Waals surface area contributed by atoms with Crippen molar-refractivity contribution >= 4 is 5.84 Å². The first-order chi connectivity index (χ1) is 9.22. The zero-order valence-corrected chi connectivity index (χ0v) is 11.3. The lowest BCUT2D eigenvalue weighted by molar-refractivity contribution is 0.279. The van der Waals surface area contributed by atoms with Gasteiger partial charge in [0, 0.05) is 18.8 Å². The molecule has 0 spiro atoms. The third-order valence-electron chi connectivity index (χ3n) is 3.91. The van der Waals surface area contributed by atoms with E-state index in [1.165, 1.54) is 25.7 Å². The molecule has 1 saturated carbocycles. The third kappa shape index (κ3) is 3.44. The Kier molecular flexibility index (Phi) is 4.74. The minimum absolute atomic E-state index is 0.0640. The van der Waals surface area contributed by atoms with Crippen LogP contribution in [0.2, 0.25) is 0 Å². The summed E-state index contributed by atoms with van der Waals surface area (Å²) >= 11 is 0. The van der Waals surface area contributed by atoms with Gasteiger partial charge in [-0.05, 0) is 30.4 Å². The molecule has 0 aliphatic heterocycles. The van der Waals surface area contributed by atoms with E-state index in [-0.39, 0.29) is 5.84 Å². The molecule has 1 heterocycles. The van der Waals surface area contributed by atoms with Crippen LogP contribution in [-0.4, -0.2) is 22.1 Å². The number of nitrogens with two attached hydrogens (primary N) is 1. The summed E-state index contributed by atoms with van der Waals surface area (Å²) in [6.07, 6.45) is 6.79. The number of nitrogens with one attached hydrogen (secondary N) is 1. The maximum atomic E-state index is 8.77. The summed E-state index contributed by atoms with van der Waals surface area (Å²) in [5.74, 6) is 0.770. The fourth-order valence-corrected chi connectivity index (χ4v) is 2.72. The molecule has 1 fully saturated rings. The van der Waals surface area contributed by atoms with E-state index in [1.54, 1.807) is 6.20 Å². The summed E-state index contributed by atoms with van der Waals surface area (Å²) in [6, 6.07) is 4.38. The highest BCUT2D eigenvalue weighted by atomic mass is 16.4. The molecule has 0 saturated heterocycles. The minimum Gasteiger partial charge on any atom is -0.409 e. The number of rotatable bonds is 4. The smallest absolute Gasteiger partial charge is 0.189 e. The van der Waals surface area contributed by atoms with Crippen molar-refractivity contribution in [2.24, 2.45) is 16.8 Å². The Morgan fingerprint density at radius 2 is 2.32 bits per heavy atom. The lowest BCUT2D eigenvalue weighted by Crippen LogP contribution is -2.37. The van der Waals surface area contributed by atoms with Gasteiger partial charge in [0.15, 0.2) is 5.84 Å². The largest absolute Gasteiger partial charge is 0.409 e. The van der Waals surface area contributed by atoms with Crippen LogP contribution in [0.15, 0.2) is 23.5 Å². The predicted molar refractivity (Wildman–Crippen MR) is 75.0 cm³/mol. The van der Waals surface area contributed by atoms with Crippen LogP contribution in [0.4, 0.5) is 0 Å². The molecule has 0 amide bonds. The van der Waals surface area contributed by atoms with Crippen LogP contribution < -0.4 is 11.1 Å². The summed E-state index contributed by atoms with van der Waals surface area (Å²) < 4.78 is 0. The van der Waals surface area contributed by atoms with E-state index < -0.39 is 0 Å². The van der Waals surface area contributed by atoms with E-state index in [9.17, 15) is 0 Å². The first kappa shape index (κ1) is 13.8. The standard InChI is InChI=1S/C14H22N4O/c1-10-5-2-3-7-12(10)17-9-11-6-4-8-16-13(11)14(15)18-19/h4,6,8,10,12,17,19H,2-3,5,7,9H2,1H3,(H2,15,18). The van der Waals surface area contributed by atoms with Gasteiger partial charge in [0.05, 0.1) is 0 Å². The molecule has 4 N–H and O–H groups in total. The topological polar surface area (TPSA) is 83.5 Å². The highest BCUT2D eigenvalue weighted by molar-refractivity contribution is 5.96. The highest BCUT2D eigenvalue weighted by Crippen LogP contribution is 2.24. The Morgan fingerprint density at radius 1 is 1.53 bits per heavy atom. The Morgan fingerprint density at radius 3 is 3.05 bits per heavy atom. The van der Waals surface area contributed by atoms with Gasteiger partial charge >= 0.3 is 0 Å². The average Bonchev–Trinajstić information content (AvgIpc) is 2.46. The number of nitrogens with zero attached hydrogens (tertiary/aromatic N) is 2. The fourth-order valence-electron chi connectivity index (χ4n) is 2.72. The molecule has 104 valence electrons. The van der Waals surface area contributed by atoms with Crippen LogP contribution in [0.3, 0.4) is 0 Å². The van der Waals surface area contributed by atoms with Gasteiger partial charge < -0.3 is 16.3 Å². The molecule has 5 nitrogen and oxygen atoms in total. The predicted octanol–water partition coefficient (Wildman–Crippen LogP) is 1.84. The van der Waals surface area contributed by atoms with Crippen molar-refractivity contribution in [3.63, 3.8) is 0 Å². The van der Waals surface area contributed by atoms with E-state index in [1.807, 2.05) is 12.1 Å². The van der Waals surface area contributed by atoms with E-state index in [4.69, 9.17) is 10.9 Å². The second-order valence-electron chi connectivity index (χ2n) is 5.25. The van der Waals surface area contributed by atoms with Gasteiger partial charge in [-0.2, -0.15) is 0 Å². The monoisotopic (exact) mass is 262 g/mol. The van der Waals surface area contributed by atoms with Gasteiger partial charge in [0.1, 0.15) is 5.69 Å². The van der Waals surface area contributed by atoms with Crippen molar-refractivity contribution < 1.29 is 5.21 Å². The van der Waals surface area contributed by atoms with Crippen molar-refractivity contribution in [1.82, 2.24) is 10.3 Å². The number of pyridine rings is 1. The van der Waals surface area contributed by atoms with Crippen LogP contribution in [0, 0.1) is 5.92 Å². The zero-order chi connectivity index (χ0) is 13.7. The second kappa shape index (κ2) is 6.52. The van der Waals surface area contributed by atoms with Gasteiger partial charge in [-0.25, -0.2) is 0 Å². The lowest BCUT2D eigenvalue weighted by Gasteiger charge is -2.29. The summed E-state index contributed by atoms with van der Waals surface area (Å²) in [7, 11) is 0.